The quantitative estimate of drug-likeness (QED) is 0.149. The predicted molar refractivity (Wildman–Crippen MR) is 250 cm³/mol. The molecule has 5 aromatic carbocycles. The van der Waals surface area contributed by atoms with Gasteiger partial charge in [0.1, 0.15) is 0 Å². The Bertz CT molecular complexity index is 1510. The standard InChI is InChI=1S/C15H16.C13H20.C12H18.C9H12.C3H8.2CH4/c1-12(2)13-8-10-15(11-9-13)14-6-4-3-5-7-14;1-10(2)9-12-5-7-13(8-6-12)11(3)4;1-9(2)11-5-7-12(8-6-11)10(3)4;1-8(2)9-6-4-3-5-7-9;1-3-2;;/h3-12H,1-2H3;5-8,10-11H,9H2,1-4H3;5-10H,1-4H3;3-8H,1-2H3;3H2,1-2H3;2*1H4. The molecular formula is C54H82. The van der Waals surface area contributed by atoms with Crippen LogP contribution in [0.4, 0.5) is 0 Å². The first-order valence-electron chi connectivity index (χ1n) is 20.1. The van der Waals surface area contributed by atoms with E-state index in [1.165, 1.54) is 57.3 Å². The monoisotopic (exact) mass is 731 g/mol. The Hall–Kier alpha value is -3.90. The molecule has 0 aliphatic heterocycles. The van der Waals surface area contributed by atoms with Crippen molar-refractivity contribution in [3.63, 3.8) is 0 Å². The molecule has 0 amide bonds. The fourth-order valence-electron chi connectivity index (χ4n) is 5.30. The first-order valence-corrected chi connectivity index (χ1v) is 20.1. The molecule has 0 bridgehead atoms. The van der Waals surface area contributed by atoms with Gasteiger partial charge in [-0.15, -0.1) is 0 Å². The Morgan fingerprint density at radius 1 is 0.315 bits per heavy atom. The summed E-state index contributed by atoms with van der Waals surface area (Å²) in [6.45, 7) is 31.0. The van der Waals surface area contributed by atoms with E-state index in [1.807, 2.05) is 12.1 Å². The van der Waals surface area contributed by atoms with Crippen LogP contribution in [0.25, 0.3) is 11.1 Å². The molecule has 0 fully saturated rings. The fraction of sp³-hybridized carbons (Fsp3) is 0.444. The van der Waals surface area contributed by atoms with Crippen molar-refractivity contribution < 1.29 is 0 Å². The molecule has 0 unspecified atom stereocenters. The third kappa shape index (κ3) is 21.7. The summed E-state index contributed by atoms with van der Waals surface area (Å²) in [5.41, 5.74) is 11.1. The van der Waals surface area contributed by atoms with Gasteiger partial charge >= 0.3 is 0 Å². The summed E-state index contributed by atoms with van der Waals surface area (Å²) in [5, 5.41) is 0. The molecule has 0 saturated carbocycles. The topological polar surface area (TPSA) is 0 Å². The number of hydrogen-bond donors (Lipinski definition) is 0. The van der Waals surface area contributed by atoms with Crippen molar-refractivity contribution in [2.75, 3.05) is 0 Å². The van der Waals surface area contributed by atoms with Gasteiger partial charge in [0.05, 0.1) is 0 Å². The zero-order chi connectivity index (χ0) is 39.1. The van der Waals surface area contributed by atoms with E-state index >= 15 is 0 Å². The van der Waals surface area contributed by atoms with Gasteiger partial charge in [0.15, 0.2) is 0 Å². The lowest BCUT2D eigenvalue weighted by atomic mass is 9.97. The highest BCUT2D eigenvalue weighted by atomic mass is 14.1. The van der Waals surface area contributed by atoms with Crippen molar-refractivity contribution in [1.82, 2.24) is 0 Å². The number of hydrogen-bond acceptors (Lipinski definition) is 0. The molecule has 5 rings (SSSR count). The van der Waals surface area contributed by atoms with Crippen molar-refractivity contribution in [2.24, 2.45) is 5.92 Å². The van der Waals surface area contributed by atoms with Crippen LogP contribution in [0.2, 0.25) is 0 Å². The third-order valence-corrected chi connectivity index (χ3v) is 8.71. The van der Waals surface area contributed by atoms with E-state index in [1.54, 1.807) is 0 Å². The van der Waals surface area contributed by atoms with Crippen molar-refractivity contribution in [1.29, 1.82) is 0 Å². The molecular weight excluding hydrogens is 649 g/mol. The van der Waals surface area contributed by atoms with Gasteiger partial charge in [0.2, 0.25) is 0 Å². The van der Waals surface area contributed by atoms with Gasteiger partial charge in [-0.2, -0.15) is 0 Å². The minimum atomic E-state index is 0. The molecule has 0 spiro atoms. The van der Waals surface area contributed by atoms with E-state index in [0.717, 1.165) is 5.92 Å². The van der Waals surface area contributed by atoms with Crippen LogP contribution in [-0.2, 0) is 6.42 Å². The fourth-order valence-corrected chi connectivity index (χ4v) is 5.30. The van der Waals surface area contributed by atoms with Crippen LogP contribution < -0.4 is 0 Å². The molecule has 0 saturated heterocycles. The Labute approximate surface area is 336 Å². The minimum Gasteiger partial charge on any atom is -0.0776 e. The second-order valence-corrected chi connectivity index (χ2v) is 15.9. The largest absolute Gasteiger partial charge is 0.0776 e. The average molecular weight is 731 g/mol. The molecule has 5 aromatic rings. The maximum Gasteiger partial charge on any atom is -0.0184 e. The van der Waals surface area contributed by atoms with Gasteiger partial charge in [0.25, 0.3) is 0 Å². The van der Waals surface area contributed by atoms with Crippen LogP contribution in [0.3, 0.4) is 0 Å². The van der Waals surface area contributed by atoms with Gasteiger partial charge in [0, 0.05) is 0 Å². The second-order valence-electron chi connectivity index (χ2n) is 15.9. The highest BCUT2D eigenvalue weighted by Crippen LogP contribution is 2.22. The minimum absolute atomic E-state index is 0. The molecule has 0 nitrogen and oxygen atoms in total. The van der Waals surface area contributed by atoms with Gasteiger partial charge in [-0.25, -0.2) is 0 Å². The van der Waals surface area contributed by atoms with E-state index in [-0.39, 0.29) is 14.9 Å². The average Bonchev–Trinajstić information content (AvgIpc) is 3.13. The highest BCUT2D eigenvalue weighted by molar-refractivity contribution is 5.63. The molecule has 0 heterocycles. The predicted octanol–water partition coefficient (Wildman–Crippen LogP) is 17.9. The zero-order valence-corrected chi connectivity index (χ0v) is 35.6. The summed E-state index contributed by atoms with van der Waals surface area (Å²) >= 11 is 0. The Morgan fingerprint density at radius 2 is 0.556 bits per heavy atom. The third-order valence-electron chi connectivity index (χ3n) is 8.71. The van der Waals surface area contributed by atoms with Crippen LogP contribution in [0.1, 0.15) is 181 Å². The zero-order valence-electron chi connectivity index (χ0n) is 35.6. The molecule has 0 N–H and O–H groups in total. The maximum atomic E-state index is 2.26. The van der Waals surface area contributed by atoms with E-state index in [9.17, 15) is 0 Å². The normalized spacial score (nSPS) is 10.1. The van der Waals surface area contributed by atoms with Crippen molar-refractivity contribution in [2.45, 2.75) is 154 Å². The molecule has 0 heteroatoms. The smallest absolute Gasteiger partial charge is 0.0184 e. The Balaban J connectivity index is 0. The van der Waals surface area contributed by atoms with Gasteiger partial charge in [-0.05, 0) is 86.4 Å². The number of benzene rings is 5. The van der Waals surface area contributed by atoms with Crippen molar-refractivity contribution in [3.8, 4) is 11.1 Å². The first-order chi connectivity index (χ1) is 24.7. The first kappa shape index (κ1) is 52.2. The van der Waals surface area contributed by atoms with Crippen LogP contribution in [0.5, 0.6) is 0 Å². The lowest BCUT2D eigenvalue weighted by molar-refractivity contribution is 0.647. The van der Waals surface area contributed by atoms with Crippen molar-refractivity contribution >= 4 is 0 Å². The summed E-state index contributed by atoms with van der Waals surface area (Å²) in [6.07, 6.45) is 2.44. The lowest BCUT2D eigenvalue weighted by Gasteiger charge is -2.08. The van der Waals surface area contributed by atoms with Gasteiger partial charge in [-0.3, -0.25) is 0 Å². The molecule has 0 aromatic heterocycles. The highest BCUT2D eigenvalue weighted by Gasteiger charge is 2.02. The summed E-state index contributed by atoms with van der Waals surface area (Å²) in [4.78, 5) is 0. The molecule has 54 heavy (non-hydrogen) atoms. The molecule has 0 aliphatic carbocycles. The van der Waals surface area contributed by atoms with Gasteiger partial charge < -0.3 is 0 Å². The summed E-state index contributed by atoms with van der Waals surface area (Å²) < 4.78 is 0. The lowest BCUT2D eigenvalue weighted by Crippen LogP contribution is -1.94. The number of rotatable bonds is 8. The van der Waals surface area contributed by atoms with Crippen molar-refractivity contribution in [3.05, 3.63) is 167 Å². The SMILES string of the molecule is C.C.CC(C)Cc1ccc(C(C)C)cc1.CC(C)c1ccc(-c2ccccc2)cc1.CC(C)c1ccc(C(C)C)cc1.CC(C)c1ccccc1.CCC. The van der Waals surface area contributed by atoms with Gasteiger partial charge in [-0.1, -0.05) is 252 Å². The Kier molecular flexibility index (Phi) is 28.5. The van der Waals surface area contributed by atoms with E-state index < -0.39 is 0 Å². The molecule has 0 atom stereocenters. The van der Waals surface area contributed by atoms with Crippen LogP contribution in [-0.4, -0.2) is 0 Å². The summed E-state index contributed by atoms with van der Waals surface area (Å²) in [6, 6.07) is 47.8. The van der Waals surface area contributed by atoms with Crippen LogP contribution in [0.15, 0.2) is 133 Å². The van der Waals surface area contributed by atoms with Crippen LogP contribution >= 0.6 is 0 Å². The maximum absolute atomic E-state index is 2.26. The van der Waals surface area contributed by atoms with E-state index in [4.69, 9.17) is 0 Å². The summed E-state index contributed by atoms with van der Waals surface area (Å²) in [7, 11) is 0. The summed E-state index contributed by atoms with van der Waals surface area (Å²) in [5.74, 6) is 3.96. The second kappa shape index (κ2) is 29.5. The molecule has 298 valence electrons. The molecule has 0 radical (unpaired) electrons. The van der Waals surface area contributed by atoms with E-state index in [2.05, 4.69) is 218 Å². The molecule has 0 aliphatic rings. The van der Waals surface area contributed by atoms with E-state index in [0.29, 0.717) is 29.6 Å². The van der Waals surface area contributed by atoms with Crippen LogP contribution in [0, 0.1) is 5.92 Å². The Morgan fingerprint density at radius 3 is 0.833 bits per heavy atom.